The average molecular weight is 355 g/mol. The Labute approximate surface area is 134 Å². The number of rotatable bonds is 4. The molecule has 0 spiro atoms. The van der Waals surface area contributed by atoms with E-state index in [2.05, 4.69) is 4.74 Å². The zero-order valence-corrected chi connectivity index (χ0v) is 12.7. The van der Waals surface area contributed by atoms with E-state index in [1.165, 1.54) is 0 Å². The van der Waals surface area contributed by atoms with Crippen molar-refractivity contribution < 1.29 is 36.3 Å². The molecule has 0 radical (unpaired) electrons. The van der Waals surface area contributed by atoms with Crippen molar-refractivity contribution in [2.24, 2.45) is 28.9 Å². The largest absolute Gasteiger partial charge is 0.446 e. The van der Waals surface area contributed by atoms with Gasteiger partial charge in [0, 0.05) is 11.8 Å². The molecule has 3 unspecified atom stereocenters. The Balaban J connectivity index is 1.82. The highest BCUT2D eigenvalue weighted by Crippen LogP contribution is 2.59. The van der Waals surface area contributed by atoms with Gasteiger partial charge in [0.05, 0.1) is 12.0 Å². The van der Waals surface area contributed by atoms with Gasteiger partial charge in [0.1, 0.15) is 5.78 Å². The number of hydrogen-bond acceptors (Lipinski definition) is 4. The van der Waals surface area contributed by atoms with Crippen LogP contribution in [-0.4, -0.2) is 36.5 Å². The van der Waals surface area contributed by atoms with Crippen LogP contribution in [0.3, 0.4) is 0 Å². The molecule has 2 N–H and O–H groups in total. The van der Waals surface area contributed by atoms with Crippen LogP contribution in [-0.2, 0) is 14.3 Å². The molecule has 4 aliphatic carbocycles. The zero-order chi connectivity index (χ0) is 17.9. The van der Waals surface area contributed by atoms with Crippen LogP contribution in [0.5, 0.6) is 0 Å². The van der Waals surface area contributed by atoms with Crippen molar-refractivity contribution in [1.29, 1.82) is 0 Å². The lowest BCUT2D eigenvalue weighted by Crippen LogP contribution is -2.58. The first-order valence-electron chi connectivity index (χ1n) is 7.88. The summed E-state index contributed by atoms with van der Waals surface area (Å²) in [6.45, 7) is -1.58. The lowest BCUT2D eigenvalue weighted by atomic mass is 9.49. The fraction of sp³-hybridized carbons (Fsp3) is 0.867. The van der Waals surface area contributed by atoms with E-state index in [1.807, 2.05) is 0 Å². The number of ether oxygens (including phenoxy) is 1. The molecule has 0 saturated heterocycles. The third-order valence-corrected chi connectivity index (χ3v) is 5.61. The van der Waals surface area contributed by atoms with E-state index in [1.54, 1.807) is 0 Å². The van der Waals surface area contributed by atoms with E-state index in [9.17, 15) is 31.5 Å². The third-order valence-electron chi connectivity index (χ3n) is 5.61. The molecular formula is C15H18F5NO3. The summed E-state index contributed by atoms with van der Waals surface area (Å²) >= 11 is 0. The van der Waals surface area contributed by atoms with Gasteiger partial charge in [-0.1, -0.05) is 0 Å². The number of Topliss-reactive ketones (excluding diaryl/α,β-unsaturated/α-hetero) is 1. The van der Waals surface area contributed by atoms with Crippen LogP contribution in [0.15, 0.2) is 0 Å². The lowest BCUT2D eigenvalue weighted by Gasteiger charge is -2.54. The summed E-state index contributed by atoms with van der Waals surface area (Å²) in [6, 6.07) is 0. The molecular weight excluding hydrogens is 337 g/mol. The summed E-state index contributed by atoms with van der Waals surface area (Å²) in [7, 11) is 0. The Kier molecular flexibility index (Phi) is 3.93. The Bertz CT molecular complexity index is 544. The molecule has 0 aromatic heterocycles. The van der Waals surface area contributed by atoms with Crippen LogP contribution in [0, 0.1) is 23.2 Å². The minimum absolute atomic E-state index is 0.0361. The van der Waals surface area contributed by atoms with Crippen molar-refractivity contribution in [1.82, 2.24) is 0 Å². The van der Waals surface area contributed by atoms with Gasteiger partial charge in [-0.15, -0.1) is 0 Å². The van der Waals surface area contributed by atoms with Crippen LogP contribution >= 0.6 is 0 Å². The summed E-state index contributed by atoms with van der Waals surface area (Å²) in [5, 5.41) is 0. The van der Waals surface area contributed by atoms with Gasteiger partial charge in [-0.25, -0.2) is 8.78 Å². The molecule has 4 fully saturated rings. The van der Waals surface area contributed by atoms with Gasteiger partial charge < -0.3 is 10.5 Å². The number of carbonyl (C=O) groups excluding carboxylic acids is 2. The van der Waals surface area contributed by atoms with Crippen LogP contribution in [0.2, 0.25) is 0 Å². The normalized spacial score (nSPS) is 36.8. The second kappa shape index (κ2) is 5.37. The molecule has 4 aliphatic rings. The lowest BCUT2D eigenvalue weighted by molar-refractivity contribution is -0.280. The Morgan fingerprint density at radius 3 is 2.17 bits per heavy atom. The van der Waals surface area contributed by atoms with Gasteiger partial charge in [0.15, 0.2) is 0 Å². The van der Waals surface area contributed by atoms with Crippen molar-refractivity contribution in [3.8, 4) is 0 Å². The number of esters is 1. The van der Waals surface area contributed by atoms with Gasteiger partial charge >= 0.3 is 18.1 Å². The molecule has 3 atom stereocenters. The number of carbonyl (C=O) groups is 2. The number of alkyl halides is 5. The highest BCUT2D eigenvalue weighted by atomic mass is 19.4. The van der Waals surface area contributed by atoms with E-state index >= 15 is 0 Å². The van der Waals surface area contributed by atoms with Gasteiger partial charge in [-0.3, -0.25) is 9.59 Å². The molecule has 0 heterocycles. The second-order valence-electron chi connectivity index (χ2n) is 7.32. The number of halogens is 5. The Hall–Kier alpha value is -1.25. The quantitative estimate of drug-likeness (QED) is 0.621. The molecule has 4 bridgehead atoms. The van der Waals surface area contributed by atoms with Crippen molar-refractivity contribution in [3.63, 3.8) is 0 Å². The van der Waals surface area contributed by atoms with Crippen LogP contribution in [0.4, 0.5) is 22.0 Å². The van der Waals surface area contributed by atoms with Gasteiger partial charge in [0.25, 0.3) is 6.10 Å². The van der Waals surface area contributed by atoms with Crippen molar-refractivity contribution in [2.75, 3.05) is 6.54 Å². The van der Waals surface area contributed by atoms with Crippen molar-refractivity contribution in [2.45, 2.75) is 50.3 Å². The molecule has 9 heteroatoms. The van der Waals surface area contributed by atoms with E-state index in [0.717, 1.165) is 0 Å². The van der Waals surface area contributed by atoms with Crippen molar-refractivity contribution >= 4 is 11.8 Å². The maximum absolute atomic E-state index is 13.5. The minimum atomic E-state index is -5.42. The number of hydrogen-bond donors (Lipinski definition) is 1. The Morgan fingerprint density at radius 2 is 1.71 bits per heavy atom. The predicted octanol–water partition coefficient (Wildman–Crippen LogP) is 2.45. The predicted molar refractivity (Wildman–Crippen MR) is 70.9 cm³/mol. The molecule has 0 aromatic carbocycles. The van der Waals surface area contributed by atoms with Crippen LogP contribution in [0.1, 0.15) is 32.1 Å². The molecule has 4 nitrogen and oxygen atoms in total. The molecule has 4 rings (SSSR count). The van der Waals surface area contributed by atoms with Crippen LogP contribution in [0.25, 0.3) is 0 Å². The number of nitrogens with two attached hydrogens (primary N) is 1. The SMILES string of the molecule is NCC(F)(F)C(OC(=O)C12CC3CC(C1)C(=O)C(C3)C2)C(F)(F)F. The topological polar surface area (TPSA) is 69.4 Å². The first-order chi connectivity index (χ1) is 11.0. The van der Waals surface area contributed by atoms with Gasteiger partial charge in [-0.2, -0.15) is 13.2 Å². The fourth-order valence-electron chi connectivity index (χ4n) is 4.73. The standard InChI is InChI=1S/C15H18F5NO3/c16-14(17,6-21)11(15(18,19)20)24-12(23)13-3-7-1-8(4-13)10(22)9(2-7)5-13/h7-9,11H,1-6,21H2. The van der Waals surface area contributed by atoms with E-state index in [4.69, 9.17) is 5.73 Å². The van der Waals surface area contributed by atoms with E-state index in [-0.39, 0.29) is 36.4 Å². The zero-order valence-electron chi connectivity index (χ0n) is 12.7. The van der Waals surface area contributed by atoms with E-state index < -0.39 is 36.1 Å². The van der Waals surface area contributed by atoms with Crippen molar-refractivity contribution in [3.05, 3.63) is 0 Å². The summed E-state index contributed by atoms with van der Waals surface area (Å²) < 4.78 is 70.1. The second-order valence-corrected chi connectivity index (χ2v) is 7.32. The highest BCUT2D eigenvalue weighted by molar-refractivity contribution is 5.89. The first kappa shape index (κ1) is 17.6. The number of ketones is 1. The average Bonchev–Trinajstić information content (AvgIpc) is 2.47. The van der Waals surface area contributed by atoms with E-state index in [0.29, 0.717) is 19.3 Å². The molecule has 136 valence electrons. The Morgan fingerprint density at radius 1 is 1.17 bits per heavy atom. The molecule has 0 aliphatic heterocycles. The minimum Gasteiger partial charge on any atom is -0.446 e. The molecule has 24 heavy (non-hydrogen) atoms. The fourth-order valence-corrected chi connectivity index (χ4v) is 4.73. The van der Waals surface area contributed by atoms with Gasteiger partial charge in [0.2, 0.25) is 0 Å². The summed E-state index contributed by atoms with van der Waals surface area (Å²) in [5.74, 6) is -6.32. The summed E-state index contributed by atoms with van der Waals surface area (Å²) in [6.07, 6.45) is -7.27. The van der Waals surface area contributed by atoms with Gasteiger partial charge in [-0.05, 0) is 38.0 Å². The maximum atomic E-state index is 13.5. The summed E-state index contributed by atoms with van der Waals surface area (Å²) in [5.41, 5.74) is 3.47. The monoisotopic (exact) mass is 355 g/mol. The highest BCUT2D eigenvalue weighted by Gasteiger charge is 2.63. The maximum Gasteiger partial charge on any atom is 0.431 e. The third kappa shape index (κ3) is 2.70. The van der Waals surface area contributed by atoms with Crippen LogP contribution < -0.4 is 5.73 Å². The molecule has 0 amide bonds. The molecule has 4 saturated carbocycles. The summed E-state index contributed by atoms with van der Waals surface area (Å²) in [4.78, 5) is 24.5. The first-order valence-corrected chi connectivity index (χ1v) is 7.88. The molecule has 0 aromatic rings. The smallest absolute Gasteiger partial charge is 0.431 e.